The van der Waals surface area contributed by atoms with E-state index < -0.39 is 0 Å². The van der Waals surface area contributed by atoms with Gasteiger partial charge < -0.3 is 16.0 Å². The van der Waals surface area contributed by atoms with E-state index in [0.717, 1.165) is 18.7 Å². The van der Waals surface area contributed by atoms with Crippen molar-refractivity contribution in [3.8, 4) is 0 Å². The molecule has 0 saturated carbocycles. The second kappa shape index (κ2) is 7.36. The second-order valence-corrected chi connectivity index (χ2v) is 5.00. The van der Waals surface area contributed by atoms with Crippen molar-refractivity contribution in [2.75, 3.05) is 25.9 Å². The lowest BCUT2D eigenvalue weighted by atomic mass is 10.1. The highest BCUT2D eigenvalue weighted by Crippen LogP contribution is 2.13. The third-order valence-electron chi connectivity index (χ3n) is 3.52. The molecule has 4 nitrogen and oxygen atoms in total. The molecule has 1 aromatic rings. The first-order valence-corrected chi connectivity index (χ1v) is 6.46. The second-order valence-electron chi connectivity index (χ2n) is 5.00. The van der Waals surface area contributed by atoms with Gasteiger partial charge >= 0.3 is 0 Å². The number of nitrogens with one attached hydrogen (secondary N) is 1. The summed E-state index contributed by atoms with van der Waals surface area (Å²) in [6.07, 6.45) is 2.81. The zero-order valence-corrected chi connectivity index (χ0v) is 12.1. The van der Waals surface area contributed by atoms with Crippen LogP contribution >= 0.6 is 12.4 Å². The van der Waals surface area contributed by atoms with Crippen molar-refractivity contribution in [1.82, 2.24) is 10.2 Å². The Kier molecular flexibility index (Phi) is 6.12. The van der Waals surface area contributed by atoms with Crippen LogP contribution in [0, 0.1) is 0 Å². The summed E-state index contributed by atoms with van der Waals surface area (Å²) >= 11 is 0. The Labute approximate surface area is 120 Å². The molecule has 1 aliphatic heterocycles. The molecule has 19 heavy (non-hydrogen) atoms. The van der Waals surface area contributed by atoms with Crippen LogP contribution in [-0.2, 0) is 11.2 Å². The number of hydrogen-bond acceptors (Lipinski definition) is 3. The maximum absolute atomic E-state index is 11.8. The number of benzene rings is 1. The first-order valence-electron chi connectivity index (χ1n) is 6.46. The zero-order valence-electron chi connectivity index (χ0n) is 11.3. The number of amides is 1. The van der Waals surface area contributed by atoms with Crippen LogP contribution in [0.1, 0.15) is 18.4 Å². The highest BCUT2D eigenvalue weighted by molar-refractivity contribution is 5.85. The van der Waals surface area contributed by atoms with Gasteiger partial charge in [-0.1, -0.05) is 12.1 Å². The molecule has 0 aromatic heterocycles. The largest absolute Gasteiger partial charge is 0.399 e. The number of nitrogens with zero attached hydrogens (tertiary/aromatic N) is 1. The third-order valence-corrected chi connectivity index (χ3v) is 3.52. The fraction of sp³-hybridized carbons (Fsp3) is 0.500. The average molecular weight is 284 g/mol. The summed E-state index contributed by atoms with van der Waals surface area (Å²) < 4.78 is 0. The monoisotopic (exact) mass is 283 g/mol. The van der Waals surface area contributed by atoms with Gasteiger partial charge in [0.2, 0.25) is 5.91 Å². The van der Waals surface area contributed by atoms with Crippen molar-refractivity contribution < 1.29 is 4.79 Å². The molecule has 0 spiro atoms. The van der Waals surface area contributed by atoms with E-state index in [1.807, 2.05) is 24.3 Å². The molecule has 1 aliphatic rings. The van der Waals surface area contributed by atoms with Gasteiger partial charge in [-0.15, -0.1) is 12.4 Å². The highest BCUT2D eigenvalue weighted by atomic mass is 35.5. The van der Waals surface area contributed by atoms with Crippen LogP contribution in [0.3, 0.4) is 0 Å². The maximum Gasteiger partial charge on any atom is 0.224 e. The van der Waals surface area contributed by atoms with Crippen molar-refractivity contribution in [2.45, 2.75) is 25.3 Å². The first kappa shape index (κ1) is 15.8. The number of nitrogen functional groups attached to an aromatic ring is 1. The molecule has 0 bridgehead atoms. The fourth-order valence-electron chi connectivity index (χ4n) is 2.42. The quantitative estimate of drug-likeness (QED) is 0.822. The standard InChI is InChI=1S/C14H21N3O.ClH/c1-17-7-3-6-13(17)10-16-14(18)9-11-4-2-5-12(15)8-11;/h2,4-5,8,13H,3,6-7,9-10,15H2,1H3,(H,16,18);1H. The van der Waals surface area contributed by atoms with Crippen LogP contribution in [0.4, 0.5) is 5.69 Å². The lowest BCUT2D eigenvalue weighted by Crippen LogP contribution is -2.38. The molecular formula is C14H22ClN3O. The molecular weight excluding hydrogens is 262 g/mol. The highest BCUT2D eigenvalue weighted by Gasteiger charge is 2.20. The molecule has 1 saturated heterocycles. The third kappa shape index (κ3) is 4.73. The van der Waals surface area contributed by atoms with Crippen LogP contribution in [0.25, 0.3) is 0 Å². The Morgan fingerprint density at radius 2 is 2.32 bits per heavy atom. The van der Waals surface area contributed by atoms with Crippen molar-refractivity contribution in [1.29, 1.82) is 0 Å². The van der Waals surface area contributed by atoms with Crippen LogP contribution in [0.2, 0.25) is 0 Å². The summed E-state index contributed by atoms with van der Waals surface area (Å²) in [6.45, 7) is 1.88. The molecule has 106 valence electrons. The van der Waals surface area contributed by atoms with Crippen molar-refractivity contribution in [3.05, 3.63) is 29.8 Å². The van der Waals surface area contributed by atoms with Gasteiger partial charge in [0, 0.05) is 18.3 Å². The Bertz CT molecular complexity index is 425. The van der Waals surface area contributed by atoms with E-state index >= 15 is 0 Å². The number of rotatable bonds is 4. The summed E-state index contributed by atoms with van der Waals surface area (Å²) in [4.78, 5) is 14.1. The summed E-state index contributed by atoms with van der Waals surface area (Å²) in [7, 11) is 2.11. The minimum atomic E-state index is 0. The first-order chi connectivity index (χ1) is 8.65. The van der Waals surface area contributed by atoms with Crippen LogP contribution in [-0.4, -0.2) is 37.0 Å². The summed E-state index contributed by atoms with van der Waals surface area (Å²) in [5, 5.41) is 3.00. The Morgan fingerprint density at radius 3 is 2.95 bits per heavy atom. The predicted octanol–water partition coefficient (Wildman–Crippen LogP) is 1.44. The SMILES string of the molecule is CN1CCCC1CNC(=O)Cc1cccc(N)c1.Cl. The van der Waals surface area contributed by atoms with Crippen molar-refractivity contribution in [3.63, 3.8) is 0 Å². The minimum absolute atomic E-state index is 0. The number of likely N-dealkylation sites (N-methyl/N-ethyl adjacent to an activating group) is 1. The summed E-state index contributed by atoms with van der Waals surface area (Å²) in [5.41, 5.74) is 7.36. The predicted molar refractivity (Wildman–Crippen MR) is 80.5 cm³/mol. The van der Waals surface area contributed by atoms with Crippen molar-refractivity contribution in [2.24, 2.45) is 0 Å². The summed E-state index contributed by atoms with van der Waals surface area (Å²) in [5.74, 6) is 0.0703. The molecule has 1 atom stereocenters. The number of carbonyl (C=O) groups is 1. The molecule has 1 aromatic carbocycles. The molecule has 1 unspecified atom stereocenters. The van der Waals surface area contributed by atoms with E-state index in [0.29, 0.717) is 18.2 Å². The number of nitrogens with two attached hydrogens (primary N) is 1. The van der Waals surface area contributed by atoms with E-state index in [2.05, 4.69) is 17.3 Å². The molecule has 1 fully saturated rings. The van der Waals surface area contributed by atoms with Gasteiger partial charge in [0.25, 0.3) is 0 Å². The lowest BCUT2D eigenvalue weighted by molar-refractivity contribution is -0.120. The molecule has 3 N–H and O–H groups in total. The van der Waals surface area contributed by atoms with Crippen LogP contribution in [0.15, 0.2) is 24.3 Å². The number of carbonyl (C=O) groups excluding carboxylic acids is 1. The van der Waals surface area contributed by atoms with E-state index in [1.165, 1.54) is 12.8 Å². The fourth-order valence-corrected chi connectivity index (χ4v) is 2.42. The van der Waals surface area contributed by atoms with Gasteiger partial charge in [-0.3, -0.25) is 4.79 Å². The van der Waals surface area contributed by atoms with Gasteiger partial charge in [0.05, 0.1) is 6.42 Å². The lowest BCUT2D eigenvalue weighted by Gasteiger charge is -2.19. The van der Waals surface area contributed by atoms with Crippen LogP contribution < -0.4 is 11.1 Å². The van der Waals surface area contributed by atoms with Crippen molar-refractivity contribution >= 4 is 24.0 Å². The molecule has 0 aliphatic carbocycles. The van der Waals surface area contributed by atoms with E-state index in [9.17, 15) is 4.79 Å². The normalized spacial score (nSPS) is 18.9. The smallest absolute Gasteiger partial charge is 0.224 e. The van der Waals surface area contributed by atoms with E-state index in [-0.39, 0.29) is 18.3 Å². The van der Waals surface area contributed by atoms with Gasteiger partial charge in [-0.25, -0.2) is 0 Å². The van der Waals surface area contributed by atoms with Gasteiger partial charge in [-0.2, -0.15) is 0 Å². The minimum Gasteiger partial charge on any atom is -0.399 e. The van der Waals surface area contributed by atoms with Gasteiger partial charge in [0.1, 0.15) is 0 Å². The molecule has 5 heteroatoms. The Morgan fingerprint density at radius 1 is 1.53 bits per heavy atom. The van der Waals surface area contributed by atoms with Gasteiger partial charge in [-0.05, 0) is 44.1 Å². The number of anilines is 1. The molecule has 2 rings (SSSR count). The topological polar surface area (TPSA) is 58.4 Å². The number of halogens is 1. The van der Waals surface area contributed by atoms with E-state index in [4.69, 9.17) is 5.73 Å². The van der Waals surface area contributed by atoms with Gasteiger partial charge in [0.15, 0.2) is 0 Å². The summed E-state index contributed by atoms with van der Waals surface area (Å²) in [6, 6.07) is 7.98. The maximum atomic E-state index is 11.8. The number of hydrogen-bond donors (Lipinski definition) is 2. The molecule has 1 amide bonds. The van der Waals surface area contributed by atoms with E-state index in [1.54, 1.807) is 0 Å². The molecule has 1 heterocycles. The van der Waals surface area contributed by atoms with Crippen LogP contribution in [0.5, 0.6) is 0 Å². The number of likely N-dealkylation sites (tertiary alicyclic amines) is 1. The average Bonchev–Trinajstić information content (AvgIpc) is 2.72. The Balaban J connectivity index is 0.00000180. The zero-order chi connectivity index (χ0) is 13.0. The molecule has 0 radical (unpaired) electrons. The Hall–Kier alpha value is -1.26.